The van der Waals surface area contributed by atoms with Gasteiger partial charge in [-0.15, -0.1) is 0 Å². The minimum atomic E-state index is -0.591. The van der Waals surface area contributed by atoms with Gasteiger partial charge in [0.2, 0.25) is 5.91 Å². The summed E-state index contributed by atoms with van der Waals surface area (Å²) in [6.07, 6.45) is 4.18. The van der Waals surface area contributed by atoms with Crippen LogP contribution < -0.4 is 21.9 Å². The van der Waals surface area contributed by atoms with Crippen LogP contribution in [0.25, 0.3) is 5.82 Å². The van der Waals surface area contributed by atoms with Crippen LogP contribution in [0.5, 0.6) is 0 Å². The number of amides is 1. The Hall–Kier alpha value is -3.75. The number of aryl methyl sites for hydroxylation is 2. The van der Waals surface area contributed by atoms with E-state index in [1.165, 1.54) is 4.57 Å². The van der Waals surface area contributed by atoms with Gasteiger partial charge in [-0.05, 0) is 51.0 Å². The van der Waals surface area contributed by atoms with Crippen molar-refractivity contribution in [2.45, 2.75) is 46.1 Å². The lowest BCUT2D eigenvalue weighted by atomic mass is 9.94. The first-order valence-corrected chi connectivity index (χ1v) is 10.5. The minimum Gasteiger partial charge on any atom is -0.396 e. The van der Waals surface area contributed by atoms with Crippen LogP contribution in [0.1, 0.15) is 42.9 Å². The van der Waals surface area contributed by atoms with Gasteiger partial charge >= 0.3 is 0 Å². The Morgan fingerprint density at radius 3 is 2.62 bits per heavy atom. The summed E-state index contributed by atoms with van der Waals surface area (Å²) in [5.41, 5.74) is 8.35. The highest BCUT2D eigenvalue weighted by atomic mass is 16.1. The molecule has 0 spiro atoms. The van der Waals surface area contributed by atoms with Crippen LogP contribution in [0.15, 0.2) is 41.5 Å². The number of rotatable bonds is 7. The summed E-state index contributed by atoms with van der Waals surface area (Å²) in [5, 5.41) is 5.87. The largest absolute Gasteiger partial charge is 0.396 e. The van der Waals surface area contributed by atoms with E-state index < -0.39 is 5.54 Å². The number of nitrogens with one attached hydrogen (secondary N) is 2. The first kappa shape index (κ1) is 22.9. The molecule has 3 rings (SSSR count). The molecular formula is C23H29N7O2. The standard InChI is InChI=1S/C23H29N7O2/c1-6-23(4,18-9-7-8-10-26-18)29-20-22(32)30(14(2)13-27-20)21-17(24)11-16(15(3)28-21)12-19(31)25-5/h7-11,13H,6,12,24H2,1-5H3,(H,25,31)(H,27,29). The van der Waals surface area contributed by atoms with E-state index in [0.717, 1.165) is 5.69 Å². The molecule has 0 bridgehead atoms. The smallest absolute Gasteiger partial charge is 0.299 e. The van der Waals surface area contributed by atoms with Crippen molar-refractivity contribution < 1.29 is 4.79 Å². The van der Waals surface area contributed by atoms with Crippen molar-refractivity contribution in [1.82, 2.24) is 24.8 Å². The van der Waals surface area contributed by atoms with Crippen molar-refractivity contribution in [3.8, 4) is 5.82 Å². The second kappa shape index (κ2) is 9.17. The molecule has 0 saturated carbocycles. The number of carbonyl (C=O) groups is 1. The second-order valence-corrected chi connectivity index (χ2v) is 7.91. The van der Waals surface area contributed by atoms with Crippen LogP contribution >= 0.6 is 0 Å². The average molecular weight is 436 g/mol. The van der Waals surface area contributed by atoms with E-state index in [1.54, 1.807) is 39.4 Å². The van der Waals surface area contributed by atoms with Gasteiger partial charge in [0.1, 0.15) is 0 Å². The summed E-state index contributed by atoms with van der Waals surface area (Å²) in [4.78, 5) is 38.6. The Kier molecular flexibility index (Phi) is 6.57. The number of nitrogens with zero attached hydrogens (tertiary/aromatic N) is 4. The topological polar surface area (TPSA) is 128 Å². The van der Waals surface area contributed by atoms with Crippen LogP contribution in [0, 0.1) is 13.8 Å². The van der Waals surface area contributed by atoms with Gasteiger partial charge in [-0.1, -0.05) is 13.0 Å². The van der Waals surface area contributed by atoms with Crippen LogP contribution in [-0.4, -0.2) is 32.5 Å². The number of likely N-dealkylation sites (N-methyl/N-ethyl adjacent to an activating group) is 1. The Morgan fingerprint density at radius 1 is 1.25 bits per heavy atom. The predicted octanol–water partition coefficient (Wildman–Crippen LogP) is 2.25. The van der Waals surface area contributed by atoms with Crippen molar-refractivity contribution in [1.29, 1.82) is 0 Å². The van der Waals surface area contributed by atoms with Crippen molar-refractivity contribution in [3.63, 3.8) is 0 Å². The zero-order chi connectivity index (χ0) is 23.5. The average Bonchev–Trinajstić information content (AvgIpc) is 2.79. The summed E-state index contributed by atoms with van der Waals surface area (Å²) < 4.78 is 1.44. The number of anilines is 2. The van der Waals surface area contributed by atoms with Gasteiger partial charge in [-0.25, -0.2) is 9.97 Å². The van der Waals surface area contributed by atoms with Crippen LogP contribution in [0.3, 0.4) is 0 Å². The normalized spacial score (nSPS) is 12.8. The van der Waals surface area contributed by atoms with E-state index in [0.29, 0.717) is 34.9 Å². The Labute approximate surface area is 187 Å². The molecule has 1 amide bonds. The lowest BCUT2D eigenvalue weighted by molar-refractivity contribution is -0.119. The van der Waals surface area contributed by atoms with Crippen molar-refractivity contribution in [2.75, 3.05) is 18.1 Å². The molecule has 0 aliphatic rings. The monoisotopic (exact) mass is 435 g/mol. The molecule has 9 heteroatoms. The fraction of sp³-hybridized carbons (Fsp3) is 0.348. The third kappa shape index (κ3) is 4.46. The quantitative estimate of drug-likeness (QED) is 0.519. The van der Waals surface area contributed by atoms with E-state index in [9.17, 15) is 9.59 Å². The van der Waals surface area contributed by atoms with E-state index >= 15 is 0 Å². The van der Waals surface area contributed by atoms with Crippen LogP contribution in [0.2, 0.25) is 0 Å². The first-order chi connectivity index (χ1) is 15.2. The number of hydrogen-bond acceptors (Lipinski definition) is 7. The van der Waals surface area contributed by atoms with Crippen LogP contribution in [0.4, 0.5) is 11.5 Å². The molecule has 0 aliphatic carbocycles. The SMILES string of the molecule is CCC(C)(Nc1ncc(C)n(-c2nc(C)c(CC(=O)NC)cc2N)c1=O)c1ccccn1. The van der Waals surface area contributed by atoms with Gasteiger partial charge in [0.05, 0.1) is 23.3 Å². The maximum absolute atomic E-state index is 13.4. The number of nitrogens with two attached hydrogens (primary N) is 1. The number of carbonyl (C=O) groups excluding carboxylic acids is 1. The molecule has 0 saturated heterocycles. The first-order valence-electron chi connectivity index (χ1n) is 10.5. The minimum absolute atomic E-state index is 0.140. The van der Waals surface area contributed by atoms with Gasteiger partial charge in [-0.3, -0.25) is 19.1 Å². The number of pyridine rings is 2. The third-order valence-electron chi connectivity index (χ3n) is 5.64. The molecule has 1 unspecified atom stereocenters. The molecule has 4 N–H and O–H groups in total. The highest BCUT2D eigenvalue weighted by Gasteiger charge is 2.28. The lowest BCUT2D eigenvalue weighted by Crippen LogP contribution is -2.37. The number of nitrogen functional groups attached to an aromatic ring is 1. The van der Waals surface area contributed by atoms with Crippen molar-refractivity contribution in [2.24, 2.45) is 0 Å². The highest BCUT2D eigenvalue weighted by Crippen LogP contribution is 2.26. The maximum atomic E-state index is 13.4. The van der Waals surface area contributed by atoms with Gasteiger partial charge in [-0.2, -0.15) is 0 Å². The number of aromatic nitrogens is 4. The molecule has 3 heterocycles. The molecule has 1 atom stereocenters. The summed E-state index contributed by atoms with van der Waals surface area (Å²) in [7, 11) is 1.58. The molecule has 0 aromatic carbocycles. The molecule has 0 fully saturated rings. The zero-order valence-corrected chi connectivity index (χ0v) is 19.1. The van der Waals surface area contributed by atoms with Crippen molar-refractivity contribution in [3.05, 3.63) is 69.7 Å². The Bertz CT molecular complexity index is 1190. The van der Waals surface area contributed by atoms with Crippen LogP contribution in [-0.2, 0) is 16.8 Å². The fourth-order valence-electron chi connectivity index (χ4n) is 3.44. The van der Waals surface area contributed by atoms with E-state index in [-0.39, 0.29) is 23.7 Å². The molecule has 0 radical (unpaired) electrons. The zero-order valence-electron chi connectivity index (χ0n) is 19.1. The van der Waals surface area contributed by atoms with E-state index in [4.69, 9.17) is 5.73 Å². The Morgan fingerprint density at radius 2 is 2.00 bits per heavy atom. The van der Waals surface area contributed by atoms with E-state index in [2.05, 4.69) is 25.6 Å². The Balaban J connectivity index is 2.07. The molecule has 168 valence electrons. The van der Waals surface area contributed by atoms with E-state index in [1.807, 2.05) is 32.0 Å². The number of hydrogen-bond donors (Lipinski definition) is 3. The molecule has 3 aromatic heterocycles. The van der Waals surface area contributed by atoms with Gasteiger partial charge < -0.3 is 16.4 Å². The predicted molar refractivity (Wildman–Crippen MR) is 125 cm³/mol. The van der Waals surface area contributed by atoms with Gasteiger partial charge in [0.25, 0.3) is 5.56 Å². The summed E-state index contributed by atoms with van der Waals surface area (Å²) in [5.74, 6) is 0.352. The summed E-state index contributed by atoms with van der Waals surface area (Å²) in [6, 6.07) is 7.36. The molecule has 32 heavy (non-hydrogen) atoms. The maximum Gasteiger partial charge on any atom is 0.299 e. The summed E-state index contributed by atoms with van der Waals surface area (Å²) in [6.45, 7) is 7.55. The third-order valence-corrected chi connectivity index (χ3v) is 5.64. The molecular weight excluding hydrogens is 406 g/mol. The molecule has 9 nitrogen and oxygen atoms in total. The van der Waals surface area contributed by atoms with Gasteiger partial charge in [0, 0.05) is 30.8 Å². The molecule has 3 aromatic rings. The van der Waals surface area contributed by atoms with Gasteiger partial charge in [0.15, 0.2) is 11.6 Å². The van der Waals surface area contributed by atoms with Crippen molar-refractivity contribution >= 4 is 17.4 Å². The highest BCUT2D eigenvalue weighted by molar-refractivity contribution is 5.79. The second-order valence-electron chi connectivity index (χ2n) is 7.91. The molecule has 0 aliphatic heterocycles. The summed E-state index contributed by atoms with van der Waals surface area (Å²) >= 11 is 0. The lowest BCUT2D eigenvalue weighted by Gasteiger charge is -2.29. The fourth-order valence-corrected chi connectivity index (χ4v) is 3.44.